The maximum atomic E-state index is 12.3. The van der Waals surface area contributed by atoms with Gasteiger partial charge in [0.25, 0.3) is 5.91 Å². The van der Waals surface area contributed by atoms with Crippen LogP contribution in [-0.2, 0) is 0 Å². The zero-order chi connectivity index (χ0) is 16.3. The molecule has 118 valence electrons. The van der Waals surface area contributed by atoms with E-state index < -0.39 is 0 Å². The molecule has 0 saturated carbocycles. The van der Waals surface area contributed by atoms with E-state index in [2.05, 4.69) is 12.2 Å². The van der Waals surface area contributed by atoms with Gasteiger partial charge in [0.15, 0.2) is 3.95 Å². The summed E-state index contributed by atoms with van der Waals surface area (Å²) in [6, 6.07) is 6.03. The van der Waals surface area contributed by atoms with Crippen LogP contribution in [0.15, 0.2) is 18.2 Å². The third kappa shape index (κ3) is 3.23. The van der Waals surface area contributed by atoms with Gasteiger partial charge in [-0.15, -0.1) is 0 Å². The number of nitrogens with zero attached hydrogens (tertiary/aromatic N) is 1. The highest BCUT2D eigenvalue weighted by Crippen LogP contribution is 2.29. The van der Waals surface area contributed by atoms with Crippen molar-refractivity contribution in [3.8, 4) is 5.69 Å². The van der Waals surface area contributed by atoms with E-state index in [1.165, 1.54) is 11.3 Å². The summed E-state index contributed by atoms with van der Waals surface area (Å²) in [4.78, 5) is 12.8. The minimum Gasteiger partial charge on any atom is -0.383 e. The fourth-order valence-electron chi connectivity index (χ4n) is 2.38. The molecule has 0 atom stereocenters. The molecule has 0 aliphatic heterocycles. The van der Waals surface area contributed by atoms with Crippen molar-refractivity contribution in [2.24, 2.45) is 0 Å². The molecule has 1 aromatic carbocycles. The normalized spacial score (nSPS) is 10.7. The van der Waals surface area contributed by atoms with Gasteiger partial charge in [-0.3, -0.25) is 9.36 Å². The average molecular weight is 335 g/mol. The van der Waals surface area contributed by atoms with Crippen LogP contribution in [0.3, 0.4) is 0 Å². The van der Waals surface area contributed by atoms with Crippen LogP contribution < -0.4 is 11.1 Å². The van der Waals surface area contributed by atoms with Gasteiger partial charge in [0, 0.05) is 6.54 Å². The first-order chi connectivity index (χ1) is 10.5. The number of aromatic nitrogens is 1. The molecule has 4 nitrogen and oxygen atoms in total. The summed E-state index contributed by atoms with van der Waals surface area (Å²) >= 11 is 6.70. The van der Waals surface area contributed by atoms with Crippen molar-refractivity contribution in [2.45, 2.75) is 33.6 Å². The molecule has 1 amide bonds. The topological polar surface area (TPSA) is 60.0 Å². The van der Waals surface area contributed by atoms with Crippen molar-refractivity contribution in [3.63, 3.8) is 0 Å². The number of carbonyl (C=O) groups is 1. The molecule has 0 radical (unpaired) electrons. The Morgan fingerprint density at radius 1 is 1.36 bits per heavy atom. The molecule has 0 aliphatic carbocycles. The maximum Gasteiger partial charge on any atom is 0.265 e. The van der Waals surface area contributed by atoms with Crippen molar-refractivity contribution >= 4 is 35.3 Å². The van der Waals surface area contributed by atoms with Gasteiger partial charge in [-0.1, -0.05) is 42.9 Å². The van der Waals surface area contributed by atoms with E-state index in [9.17, 15) is 4.79 Å². The lowest BCUT2D eigenvalue weighted by molar-refractivity contribution is 0.0958. The first-order valence-electron chi connectivity index (χ1n) is 7.33. The van der Waals surface area contributed by atoms with E-state index in [0.29, 0.717) is 21.2 Å². The van der Waals surface area contributed by atoms with Crippen molar-refractivity contribution in [1.29, 1.82) is 0 Å². The van der Waals surface area contributed by atoms with Gasteiger partial charge in [-0.2, -0.15) is 0 Å². The molecule has 0 saturated heterocycles. The van der Waals surface area contributed by atoms with E-state index in [4.69, 9.17) is 18.0 Å². The summed E-state index contributed by atoms with van der Waals surface area (Å²) in [7, 11) is 0. The number of nitrogen functional groups attached to an aromatic ring is 1. The molecule has 0 fully saturated rings. The number of para-hydroxylation sites is 1. The molecule has 0 aliphatic rings. The van der Waals surface area contributed by atoms with Crippen LogP contribution in [0, 0.1) is 17.8 Å². The zero-order valence-electron chi connectivity index (χ0n) is 13.1. The van der Waals surface area contributed by atoms with Gasteiger partial charge in [0.1, 0.15) is 10.7 Å². The van der Waals surface area contributed by atoms with Gasteiger partial charge >= 0.3 is 0 Å². The summed E-state index contributed by atoms with van der Waals surface area (Å²) in [6.45, 7) is 6.77. The Morgan fingerprint density at radius 2 is 2.00 bits per heavy atom. The van der Waals surface area contributed by atoms with E-state index >= 15 is 0 Å². The molecular weight excluding hydrogens is 314 g/mol. The average Bonchev–Trinajstić information content (AvgIpc) is 2.75. The van der Waals surface area contributed by atoms with Crippen LogP contribution in [0.1, 0.15) is 40.6 Å². The Kier molecular flexibility index (Phi) is 5.37. The van der Waals surface area contributed by atoms with Crippen LogP contribution in [0.5, 0.6) is 0 Å². The molecule has 0 bridgehead atoms. The largest absolute Gasteiger partial charge is 0.383 e. The number of hydrogen-bond acceptors (Lipinski definition) is 4. The number of thiazole rings is 1. The standard InChI is InChI=1S/C16H21N3OS2/c1-4-5-9-18-15(20)13-14(17)19(16(21)22-13)12-10(2)7-6-8-11(12)3/h6-8H,4-5,9,17H2,1-3H3,(H,18,20). The number of unbranched alkanes of at least 4 members (excludes halogenated alkanes) is 1. The number of benzene rings is 1. The molecule has 22 heavy (non-hydrogen) atoms. The van der Waals surface area contributed by atoms with Crippen molar-refractivity contribution in [1.82, 2.24) is 9.88 Å². The SMILES string of the molecule is CCCCNC(=O)c1sc(=S)n(-c2c(C)cccc2C)c1N. The number of amides is 1. The highest BCUT2D eigenvalue weighted by Gasteiger charge is 2.19. The lowest BCUT2D eigenvalue weighted by Gasteiger charge is -2.12. The van der Waals surface area contributed by atoms with Gasteiger partial charge in [0.2, 0.25) is 0 Å². The minimum atomic E-state index is -0.146. The van der Waals surface area contributed by atoms with Crippen LogP contribution in [-0.4, -0.2) is 17.0 Å². The molecule has 3 N–H and O–H groups in total. The molecule has 6 heteroatoms. The lowest BCUT2D eigenvalue weighted by atomic mass is 10.1. The molecule has 1 heterocycles. The summed E-state index contributed by atoms with van der Waals surface area (Å²) in [5.41, 5.74) is 9.36. The van der Waals surface area contributed by atoms with E-state index in [0.717, 1.165) is 29.7 Å². The van der Waals surface area contributed by atoms with E-state index in [1.54, 1.807) is 4.57 Å². The number of carbonyl (C=O) groups excluding carboxylic acids is 1. The van der Waals surface area contributed by atoms with Crippen LogP contribution >= 0.6 is 23.6 Å². The second-order valence-corrected chi connectivity index (χ2v) is 6.91. The first-order valence-corrected chi connectivity index (χ1v) is 8.56. The minimum absolute atomic E-state index is 0.146. The number of anilines is 1. The fourth-order valence-corrected chi connectivity index (χ4v) is 3.63. The summed E-state index contributed by atoms with van der Waals surface area (Å²) in [6.07, 6.45) is 1.99. The fraction of sp³-hybridized carbons (Fsp3) is 0.375. The Labute approximate surface area is 140 Å². The Hall–Kier alpha value is -1.66. The Balaban J connectivity index is 2.44. The van der Waals surface area contributed by atoms with Gasteiger partial charge in [-0.25, -0.2) is 0 Å². The highest BCUT2D eigenvalue weighted by atomic mass is 32.1. The van der Waals surface area contributed by atoms with Crippen molar-refractivity contribution < 1.29 is 4.79 Å². The predicted octanol–water partition coefficient (Wildman–Crippen LogP) is 4.00. The Morgan fingerprint density at radius 3 is 2.59 bits per heavy atom. The first kappa shape index (κ1) is 16.7. The number of hydrogen-bond donors (Lipinski definition) is 2. The van der Waals surface area contributed by atoms with E-state index in [1.807, 2.05) is 32.0 Å². The molecular formula is C16H21N3OS2. The van der Waals surface area contributed by atoms with Crippen LogP contribution in [0.25, 0.3) is 5.69 Å². The quantitative estimate of drug-likeness (QED) is 0.641. The number of nitrogens with one attached hydrogen (secondary N) is 1. The maximum absolute atomic E-state index is 12.3. The lowest BCUT2D eigenvalue weighted by Crippen LogP contribution is -2.24. The monoisotopic (exact) mass is 335 g/mol. The van der Waals surface area contributed by atoms with E-state index in [-0.39, 0.29) is 5.91 Å². The number of rotatable bonds is 5. The van der Waals surface area contributed by atoms with Crippen LogP contribution in [0.2, 0.25) is 0 Å². The van der Waals surface area contributed by atoms with Crippen LogP contribution in [0.4, 0.5) is 5.82 Å². The Bertz CT molecular complexity index is 726. The van der Waals surface area contributed by atoms with Crippen molar-refractivity contribution in [2.75, 3.05) is 12.3 Å². The second-order valence-electron chi connectivity index (χ2n) is 5.27. The highest BCUT2D eigenvalue weighted by molar-refractivity contribution is 7.73. The van der Waals surface area contributed by atoms with Crippen molar-refractivity contribution in [3.05, 3.63) is 38.2 Å². The summed E-state index contributed by atoms with van der Waals surface area (Å²) in [5.74, 6) is 0.272. The molecule has 1 aromatic heterocycles. The zero-order valence-corrected chi connectivity index (χ0v) is 14.7. The molecule has 0 spiro atoms. The van der Waals surface area contributed by atoms with Gasteiger partial charge < -0.3 is 11.1 Å². The number of aryl methyl sites for hydroxylation is 2. The summed E-state index contributed by atoms with van der Waals surface area (Å²) in [5, 5.41) is 2.89. The molecule has 2 aromatic rings. The third-order valence-corrected chi connectivity index (χ3v) is 4.92. The molecule has 2 rings (SSSR count). The smallest absolute Gasteiger partial charge is 0.265 e. The number of nitrogens with two attached hydrogens (primary N) is 1. The summed E-state index contributed by atoms with van der Waals surface area (Å²) < 4.78 is 2.40. The third-order valence-electron chi connectivity index (χ3n) is 3.53. The van der Waals surface area contributed by atoms with Gasteiger partial charge in [0.05, 0.1) is 5.69 Å². The predicted molar refractivity (Wildman–Crippen MR) is 95.6 cm³/mol. The van der Waals surface area contributed by atoms with Gasteiger partial charge in [-0.05, 0) is 43.6 Å². The molecule has 0 unspecified atom stereocenters. The second kappa shape index (κ2) is 7.07.